The van der Waals surface area contributed by atoms with Crippen LogP contribution in [0.2, 0.25) is 0 Å². The Labute approximate surface area is 101 Å². The van der Waals surface area contributed by atoms with Gasteiger partial charge in [-0.1, -0.05) is 42.5 Å². The summed E-state index contributed by atoms with van der Waals surface area (Å²) in [6, 6.07) is 16.5. The highest BCUT2D eigenvalue weighted by Gasteiger charge is 2.21. The largest absolute Gasteiger partial charge is 0.321 e. The molecule has 0 bridgehead atoms. The number of benzene rings is 2. The predicted molar refractivity (Wildman–Crippen MR) is 68.1 cm³/mol. The molecule has 2 aromatic rings. The van der Waals surface area contributed by atoms with E-state index in [0.717, 1.165) is 12.0 Å². The summed E-state index contributed by atoms with van der Waals surface area (Å²) in [7, 11) is 0. The fourth-order valence-corrected chi connectivity index (χ4v) is 1.95. The lowest BCUT2D eigenvalue weighted by Crippen LogP contribution is -2.35. The molecule has 1 unspecified atom stereocenters. The fourth-order valence-electron chi connectivity index (χ4n) is 1.95. The van der Waals surface area contributed by atoms with Crippen LogP contribution in [0.1, 0.15) is 18.1 Å². The van der Waals surface area contributed by atoms with Gasteiger partial charge in [0.05, 0.1) is 0 Å². The molecule has 0 fully saturated rings. The number of hydrogen-bond donors (Lipinski definition) is 1. The molecule has 0 aliphatic rings. The number of hydrogen-bond acceptors (Lipinski definition) is 1. The Morgan fingerprint density at radius 3 is 2.18 bits per heavy atom. The molecule has 2 aromatic carbocycles. The molecule has 1 atom stereocenters. The molecule has 0 radical (unpaired) electrons. The highest BCUT2D eigenvalue weighted by molar-refractivity contribution is 5.27. The van der Waals surface area contributed by atoms with Crippen molar-refractivity contribution < 1.29 is 4.39 Å². The summed E-state index contributed by atoms with van der Waals surface area (Å²) < 4.78 is 12.9. The summed E-state index contributed by atoms with van der Waals surface area (Å²) in [4.78, 5) is 0. The van der Waals surface area contributed by atoms with Crippen LogP contribution >= 0.6 is 0 Å². The van der Waals surface area contributed by atoms with Crippen molar-refractivity contribution in [2.45, 2.75) is 18.9 Å². The first-order valence-electron chi connectivity index (χ1n) is 5.67. The van der Waals surface area contributed by atoms with Gasteiger partial charge in [-0.05, 0) is 36.6 Å². The first-order chi connectivity index (χ1) is 8.08. The van der Waals surface area contributed by atoms with Crippen LogP contribution in [0, 0.1) is 5.82 Å². The van der Waals surface area contributed by atoms with Crippen LogP contribution in [0.3, 0.4) is 0 Å². The van der Waals surface area contributed by atoms with Crippen LogP contribution in [-0.4, -0.2) is 0 Å². The second-order valence-electron chi connectivity index (χ2n) is 4.59. The van der Waals surface area contributed by atoms with E-state index in [1.165, 1.54) is 17.7 Å². The molecule has 0 saturated heterocycles. The van der Waals surface area contributed by atoms with Crippen molar-refractivity contribution in [1.29, 1.82) is 0 Å². The lowest BCUT2D eigenvalue weighted by Gasteiger charge is -2.25. The van der Waals surface area contributed by atoms with Crippen molar-refractivity contribution in [2.24, 2.45) is 5.73 Å². The molecule has 17 heavy (non-hydrogen) atoms. The third-order valence-corrected chi connectivity index (χ3v) is 2.92. The quantitative estimate of drug-likeness (QED) is 0.859. The molecule has 0 aromatic heterocycles. The van der Waals surface area contributed by atoms with Crippen molar-refractivity contribution in [3.63, 3.8) is 0 Å². The van der Waals surface area contributed by atoms with E-state index in [2.05, 4.69) is 12.1 Å². The zero-order valence-corrected chi connectivity index (χ0v) is 9.86. The van der Waals surface area contributed by atoms with Crippen LogP contribution in [-0.2, 0) is 12.0 Å². The van der Waals surface area contributed by atoms with Gasteiger partial charge in [0, 0.05) is 5.54 Å². The molecule has 0 amide bonds. The molecule has 2 rings (SSSR count). The lowest BCUT2D eigenvalue weighted by atomic mass is 9.87. The smallest absolute Gasteiger partial charge is 0.123 e. The fraction of sp³-hybridized carbons (Fsp3) is 0.200. The zero-order chi connectivity index (χ0) is 12.3. The van der Waals surface area contributed by atoms with E-state index >= 15 is 0 Å². The van der Waals surface area contributed by atoms with E-state index in [-0.39, 0.29) is 5.82 Å². The predicted octanol–water partition coefficient (Wildman–Crippen LogP) is 3.24. The minimum atomic E-state index is -0.477. The van der Waals surface area contributed by atoms with Crippen LogP contribution in [0.25, 0.3) is 0 Å². The van der Waals surface area contributed by atoms with Crippen LogP contribution in [0.4, 0.5) is 4.39 Å². The van der Waals surface area contributed by atoms with Gasteiger partial charge in [-0.3, -0.25) is 0 Å². The van der Waals surface area contributed by atoms with Gasteiger partial charge >= 0.3 is 0 Å². The zero-order valence-electron chi connectivity index (χ0n) is 9.86. The molecule has 2 N–H and O–H groups in total. The SMILES string of the molecule is CC(N)(Cc1ccccc1)c1ccc(F)cc1. The van der Waals surface area contributed by atoms with Crippen molar-refractivity contribution in [1.82, 2.24) is 0 Å². The summed E-state index contributed by atoms with van der Waals surface area (Å²) >= 11 is 0. The second-order valence-corrected chi connectivity index (χ2v) is 4.59. The Hall–Kier alpha value is -1.67. The lowest BCUT2D eigenvalue weighted by molar-refractivity contribution is 0.490. The molecule has 2 heteroatoms. The van der Waals surface area contributed by atoms with E-state index in [0.29, 0.717) is 0 Å². The van der Waals surface area contributed by atoms with Gasteiger partial charge in [0.15, 0.2) is 0 Å². The number of nitrogens with two attached hydrogens (primary N) is 1. The highest BCUT2D eigenvalue weighted by Crippen LogP contribution is 2.22. The summed E-state index contributed by atoms with van der Waals surface area (Å²) in [5, 5.41) is 0. The molecular weight excluding hydrogens is 213 g/mol. The summed E-state index contributed by atoms with van der Waals surface area (Å²) in [6.07, 6.45) is 0.736. The molecule has 1 nitrogen and oxygen atoms in total. The summed E-state index contributed by atoms with van der Waals surface area (Å²) in [5.74, 6) is -0.232. The van der Waals surface area contributed by atoms with Crippen LogP contribution in [0.15, 0.2) is 54.6 Å². The van der Waals surface area contributed by atoms with Gasteiger partial charge in [-0.2, -0.15) is 0 Å². The van der Waals surface area contributed by atoms with E-state index in [4.69, 9.17) is 5.73 Å². The van der Waals surface area contributed by atoms with Crippen molar-refractivity contribution >= 4 is 0 Å². The molecule has 88 valence electrons. The molecule has 0 spiro atoms. The van der Waals surface area contributed by atoms with Gasteiger partial charge < -0.3 is 5.73 Å². The molecule has 0 heterocycles. The maximum atomic E-state index is 12.9. The second kappa shape index (κ2) is 4.68. The van der Waals surface area contributed by atoms with Gasteiger partial charge in [0.2, 0.25) is 0 Å². The van der Waals surface area contributed by atoms with E-state index in [9.17, 15) is 4.39 Å². The Morgan fingerprint density at radius 2 is 1.59 bits per heavy atom. The third kappa shape index (κ3) is 2.92. The van der Waals surface area contributed by atoms with Gasteiger partial charge in [-0.25, -0.2) is 4.39 Å². The average molecular weight is 229 g/mol. The minimum absolute atomic E-state index is 0.232. The normalized spacial score (nSPS) is 14.3. The average Bonchev–Trinajstić information content (AvgIpc) is 2.30. The van der Waals surface area contributed by atoms with Gasteiger partial charge in [0.25, 0.3) is 0 Å². The summed E-state index contributed by atoms with van der Waals surface area (Å²) in [5.41, 5.74) is 7.95. The molecule has 0 aliphatic carbocycles. The standard InChI is InChI=1S/C15H16FN/c1-15(17,11-12-5-3-2-4-6-12)13-7-9-14(16)10-8-13/h2-10H,11,17H2,1H3. The Kier molecular flexibility index (Phi) is 3.25. The van der Waals surface area contributed by atoms with Crippen molar-refractivity contribution in [3.8, 4) is 0 Å². The van der Waals surface area contributed by atoms with Crippen molar-refractivity contribution in [3.05, 3.63) is 71.5 Å². The van der Waals surface area contributed by atoms with E-state index < -0.39 is 5.54 Å². The Bertz CT molecular complexity index is 474. The van der Waals surface area contributed by atoms with E-state index in [1.807, 2.05) is 25.1 Å². The van der Waals surface area contributed by atoms with Gasteiger partial charge in [-0.15, -0.1) is 0 Å². The molecule has 0 aliphatic heterocycles. The molecule has 0 saturated carbocycles. The molecular formula is C15H16FN. The third-order valence-electron chi connectivity index (χ3n) is 2.92. The minimum Gasteiger partial charge on any atom is -0.321 e. The highest BCUT2D eigenvalue weighted by atomic mass is 19.1. The summed E-state index contributed by atoms with van der Waals surface area (Å²) in [6.45, 7) is 1.97. The van der Waals surface area contributed by atoms with Crippen LogP contribution in [0.5, 0.6) is 0 Å². The van der Waals surface area contributed by atoms with E-state index in [1.54, 1.807) is 12.1 Å². The van der Waals surface area contributed by atoms with Gasteiger partial charge in [0.1, 0.15) is 5.82 Å². The Morgan fingerprint density at radius 1 is 1.00 bits per heavy atom. The maximum absolute atomic E-state index is 12.9. The Balaban J connectivity index is 2.21. The maximum Gasteiger partial charge on any atom is 0.123 e. The first-order valence-corrected chi connectivity index (χ1v) is 5.67. The topological polar surface area (TPSA) is 26.0 Å². The number of halogens is 1. The van der Waals surface area contributed by atoms with Crippen molar-refractivity contribution in [2.75, 3.05) is 0 Å². The first kappa shape index (κ1) is 11.8. The monoisotopic (exact) mass is 229 g/mol. The van der Waals surface area contributed by atoms with Crippen LogP contribution < -0.4 is 5.73 Å². The number of rotatable bonds is 3.